The number of anilines is 1. The second kappa shape index (κ2) is 8.24. The predicted molar refractivity (Wildman–Crippen MR) is 127 cm³/mol. The van der Waals surface area contributed by atoms with Crippen molar-refractivity contribution in [3.05, 3.63) is 46.5 Å². The fourth-order valence-corrected chi connectivity index (χ4v) is 5.41. The van der Waals surface area contributed by atoms with E-state index in [1.54, 1.807) is 0 Å². The standard InChI is InChI=1S/C25H31ClN4/c1-17-20-11-15-30(12-3-4-18-9-13-29(2)14-10-18)24(20)8-6-21(17)25-27-22-7-5-19(26)16-23(22)28-25/h5-8,16,18H,3-4,9-15H2,1-2H3,(H,27,28). The van der Waals surface area contributed by atoms with Gasteiger partial charge in [-0.3, -0.25) is 0 Å². The largest absolute Gasteiger partial charge is 0.371 e. The number of hydrogen-bond donors (Lipinski definition) is 1. The highest BCUT2D eigenvalue weighted by molar-refractivity contribution is 6.31. The molecule has 0 saturated carbocycles. The number of rotatable bonds is 5. The number of nitrogens with one attached hydrogen (secondary N) is 1. The van der Waals surface area contributed by atoms with Gasteiger partial charge in [-0.2, -0.15) is 0 Å². The van der Waals surface area contributed by atoms with Crippen LogP contribution in [-0.4, -0.2) is 48.1 Å². The van der Waals surface area contributed by atoms with Gasteiger partial charge in [0.15, 0.2) is 0 Å². The Labute approximate surface area is 184 Å². The molecule has 2 aliphatic rings. The van der Waals surface area contributed by atoms with Gasteiger partial charge < -0.3 is 14.8 Å². The maximum atomic E-state index is 6.14. The van der Waals surface area contributed by atoms with E-state index in [0.29, 0.717) is 0 Å². The summed E-state index contributed by atoms with van der Waals surface area (Å²) < 4.78 is 0. The van der Waals surface area contributed by atoms with Crippen LogP contribution in [0.3, 0.4) is 0 Å². The summed E-state index contributed by atoms with van der Waals surface area (Å²) in [5.41, 5.74) is 7.44. The molecule has 0 radical (unpaired) electrons. The van der Waals surface area contributed by atoms with Gasteiger partial charge in [0.25, 0.3) is 0 Å². The summed E-state index contributed by atoms with van der Waals surface area (Å²) in [7, 11) is 2.24. The number of nitrogens with zero attached hydrogens (tertiary/aromatic N) is 3. The number of halogens is 1. The summed E-state index contributed by atoms with van der Waals surface area (Å²) in [5.74, 6) is 1.86. The second-order valence-electron chi connectivity index (χ2n) is 9.11. The Balaban J connectivity index is 1.29. The molecule has 0 amide bonds. The number of aromatic nitrogens is 2. The van der Waals surface area contributed by atoms with E-state index in [1.807, 2.05) is 18.2 Å². The first kappa shape index (κ1) is 19.9. The summed E-state index contributed by atoms with van der Waals surface area (Å²) in [6.45, 7) is 7.11. The Morgan fingerprint density at radius 2 is 1.97 bits per heavy atom. The molecule has 3 heterocycles. The van der Waals surface area contributed by atoms with Crippen LogP contribution in [0.5, 0.6) is 0 Å². The van der Waals surface area contributed by atoms with E-state index in [0.717, 1.165) is 40.8 Å². The summed E-state index contributed by atoms with van der Waals surface area (Å²) in [6.07, 6.45) is 6.56. The summed E-state index contributed by atoms with van der Waals surface area (Å²) >= 11 is 6.14. The van der Waals surface area contributed by atoms with Crippen LogP contribution in [0.1, 0.15) is 36.8 Å². The van der Waals surface area contributed by atoms with Crippen LogP contribution in [-0.2, 0) is 6.42 Å². The molecule has 2 aliphatic heterocycles. The predicted octanol–water partition coefficient (Wildman–Crippen LogP) is 5.68. The van der Waals surface area contributed by atoms with E-state index < -0.39 is 0 Å². The molecule has 0 unspecified atom stereocenters. The van der Waals surface area contributed by atoms with Crippen LogP contribution >= 0.6 is 11.6 Å². The van der Waals surface area contributed by atoms with Crippen LogP contribution < -0.4 is 4.90 Å². The Morgan fingerprint density at radius 3 is 2.80 bits per heavy atom. The van der Waals surface area contributed by atoms with Gasteiger partial charge in [-0.15, -0.1) is 0 Å². The number of aromatic amines is 1. The monoisotopic (exact) mass is 422 g/mol. The topological polar surface area (TPSA) is 35.2 Å². The van der Waals surface area contributed by atoms with E-state index in [1.165, 1.54) is 67.7 Å². The molecule has 5 rings (SSSR count). The second-order valence-corrected chi connectivity index (χ2v) is 9.55. The summed E-state index contributed by atoms with van der Waals surface area (Å²) in [4.78, 5) is 13.3. The molecule has 2 aromatic carbocycles. The van der Waals surface area contributed by atoms with Crippen molar-refractivity contribution < 1.29 is 0 Å². The highest BCUT2D eigenvalue weighted by atomic mass is 35.5. The number of imidazole rings is 1. The zero-order chi connectivity index (χ0) is 20.7. The first-order chi connectivity index (χ1) is 14.6. The minimum atomic E-state index is 0.735. The van der Waals surface area contributed by atoms with Crippen molar-refractivity contribution in [3.63, 3.8) is 0 Å². The van der Waals surface area contributed by atoms with Gasteiger partial charge in [0.2, 0.25) is 0 Å². The number of fused-ring (bicyclic) bond motifs is 2. The molecule has 3 aromatic rings. The lowest BCUT2D eigenvalue weighted by molar-refractivity contribution is 0.211. The smallest absolute Gasteiger partial charge is 0.138 e. The van der Waals surface area contributed by atoms with Crippen LogP contribution in [0.15, 0.2) is 30.3 Å². The summed E-state index contributed by atoms with van der Waals surface area (Å²) in [6, 6.07) is 10.4. The molecule has 0 atom stereocenters. The van der Waals surface area contributed by atoms with E-state index in [2.05, 4.69) is 40.9 Å². The van der Waals surface area contributed by atoms with Crippen molar-refractivity contribution in [2.24, 2.45) is 5.92 Å². The van der Waals surface area contributed by atoms with Crippen LogP contribution in [0, 0.1) is 12.8 Å². The fraction of sp³-hybridized carbons (Fsp3) is 0.480. The normalized spacial score (nSPS) is 17.8. The quantitative estimate of drug-likeness (QED) is 0.574. The molecule has 1 saturated heterocycles. The lowest BCUT2D eigenvalue weighted by Gasteiger charge is -2.29. The Kier molecular flexibility index (Phi) is 5.46. The van der Waals surface area contributed by atoms with Crippen LogP contribution in [0.2, 0.25) is 5.02 Å². The van der Waals surface area contributed by atoms with Gasteiger partial charge in [-0.25, -0.2) is 4.98 Å². The molecule has 0 aliphatic carbocycles. The highest BCUT2D eigenvalue weighted by Crippen LogP contribution is 2.36. The fourth-order valence-electron chi connectivity index (χ4n) is 5.24. The van der Waals surface area contributed by atoms with E-state index in [-0.39, 0.29) is 0 Å². The first-order valence-electron chi connectivity index (χ1n) is 11.3. The van der Waals surface area contributed by atoms with Crippen molar-refractivity contribution in [1.29, 1.82) is 0 Å². The third-order valence-corrected chi connectivity index (χ3v) is 7.36. The summed E-state index contributed by atoms with van der Waals surface area (Å²) in [5, 5.41) is 0.735. The van der Waals surface area contributed by atoms with Gasteiger partial charge >= 0.3 is 0 Å². The van der Waals surface area contributed by atoms with Crippen LogP contribution in [0.25, 0.3) is 22.4 Å². The molecular weight excluding hydrogens is 392 g/mol. The zero-order valence-corrected chi connectivity index (χ0v) is 18.8. The van der Waals surface area contributed by atoms with Gasteiger partial charge in [0, 0.05) is 29.4 Å². The average Bonchev–Trinajstić information content (AvgIpc) is 3.34. The average molecular weight is 423 g/mol. The molecule has 1 fully saturated rings. The maximum Gasteiger partial charge on any atom is 0.138 e. The number of piperidine rings is 1. The molecular formula is C25H31ClN4. The number of hydrogen-bond acceptors (Lipinski definition) is 3. The molecule has 0 bridgehead atoms. The van der Waals surface area contributed by atoms with E-state index in [4.69, 9.17) is 16.6 Å². The Bertz CT molecular complexity index is 1050. The van der Waals surface area contributed by atoms with Crippen molar-refractivity contribution >= 4 is 28.3 Å². The molecule has 30 heavy (non-hydrogen) atoms. The highest BCUT2D eigenvalue weighted by Gasteiger charge is 2.24. The number of H-pyrrole nitrogens is 1. The molecule has 0 spiro atoms. The zero-order valence-electron chi connectivity index (χ0n) is 18.0. The van der Waals surface area contributed by atoms with E-state index >= 15 is 0 Å². The SMILES string of the molecule is Cc1c(-c2nc3ccc(Cl)cc3[nH]2)ccc2c1CCN2CCCC1CCN(C)CC1. The third kappa shape index (κ3) is 3.83. The van der Waals surface area contributed by atoms with Crippen molar-refractivity contribution in [2.75, 3.05) is 38.1 Å². The van der Waals surface area contributed by atoms with E-state index in [9.17, 15) is 0 Å². The van der Waals surface area contributed by atoms with Crippen molar-refractivity contribution in [3.8, 4) is 11.4 Å². The molecule has 5 heteroatoms. The van der Waals surface area contributed by atoms with Crippen molar-refractivity contribution in [2.45, 2.75) is 39.0 Å². The first-order valence-corrected chi connectivity index (χ1v) is 11.7. The number of benzene rings is 2. The van der Waals surface area contributed by atoms with Gasteiger partial charge in [0.1, 0.15) is 5.82 Å². The molecule has 1 N–H and O–H groups in total. The Morgan fingerprint density at radius 1 is 1.13 bits per heavy atom. The molecule has 4 nitrogen and oxygen atoms in total. The lowest BCUT2D eigenvalue weighted by Crippen LogP contribution is -2.30. The van der Waals surface area contributed by atoms with Gasteiger partial charge in [0.05, 0.1) is 11.0 Å². The molecule has 158 valence electrons. The maximum absolute atomic E-state index is 6.14. The van der Waals surface area contributed by atoms with Crippen LogP contribution in [0.4, 0.5) is 5.69 Å². The minimum absolute atomic E-state index is 0.735. The minimum Gasteiger partial charge on any atom is -0.371 e. The lowest BCUT2D eigenvalue weighted by atomic mass is 9.92. The Hall–Kier alpha value is -2.04. The number of likely N-dealkylation sites (tertiary alicyclic amines) is 1. The third-order valence-electron chi connectivity index (χ3n) is 7.12. The van der Waals surface area contributed by atoms with Crippen molar-refractivity contribution in [1.82, 2.24) is 14.9 Å². The molecule has 1 aromatic heterocycles. The van der Waals surface area contributed by atoms with Gasteiger partial charge in [-0.05, 0) is 107 Å². The van der Waals surface area contributed by atoms with Gasteiger partial charge in [-0.1, -0.05) is 11.6 Å².